The van der Waals surface area contributed by atoms with Crippen molar-refractivity contribution in [2.45, 2.75) is 6.92 Å². The molecule has 2 rings (SSSR count). The van der Waals surface area contributed by atoms with E-state index in [1.54, 1.807) is 0 Å². The number of rotatable bonds is 0. The molecule has 1 nitrogen and oxygen atoms in total. The number of para-hydroxylation sites is 1. The molecule has 0 fully saturated rings. The molecule has 0 bridgehead atoms. The molecule has 0 aliphatic heterocycles. The molecule has 0 N–H and O–H groups in total. The van der Waals surface area contributed by atoms with Crippen molar-refractivity contribution in [2.24, 2.45) is 7.05 Å². The fourth-order valence-electron chi connectivity index (χ4n) is 1.33. The van der Waals surface area contributed by atoms with Crippen LogP contribution < -0.4 is 0 Å². The van der Waals surface area contributed by atoms with Crippen LogP contribution in [0.15, 0.2) is 24.3 Å². The minimum Gasteiger partial charge on any atom is -0.411 e. The van der Waals surface area contributed by atoms with Crippen LogP contribution in [0.1, 0.15) is 5.69 Å². The van der Waals surface area contributed by atoms with Crippen LogP contribution >= 0.6 is 0 Å². The van der Waals surface area contributed by atoms with E-state index in [9.17, 15) is 0 Å². The summed E-state index contributed by atoms with van der Waals surface area (Å²) in [7, 11) is 2.06. The van der Waals surface area contributed by atoms with E-state index < -0.39 is 0 Å². The smallest absolute Gasteiger partial charge is 0 e. The summed E-state index contributed by atoms with van der Waals surface area (Å²) < 4.78 is 2.15. The van der Waals surface area contributed by atoms with Crippen molar-refractivity contribution in [3.8, 4) is 0 Å². The zero-order valence-corrected chi connectivity index (χ0v) is 10.1. The van der Waals surface area contributed by atoms with Crippen LogP contribution in [0.3, 0.4) is 0 Å². The first-order valence-electron chi connectivity index (χ1n) is 3.72. The van der Waals surface area contributed by atoms with Crippen LogP contribution in [-0.2, 0) is 28.1 Å². The van der Waals surface area contributed by atoms with Crippen LogP contribution in [0, 0.1) is 13.0 Å². The Morgan fingerprint density at radius 1 is 1.25 bits per heavy atom. The summed E-state index contributed by atoms with van der Waals surface area (Å²) >= 11 is 0. The Hall–Kier alpha value is -0.552. The molecule has 1 heterocycles. The van der Waals surface area contributed by atoms with Crippen molar-refractivity contribution in [2.75, 3.05) is 0 Å². The van der Waals surface area contributed by atoms with E-state index in [4.69, 9.17) is 0 Å². The van der Waals surface area contributed by atoms with Crippen LogP contribution in [0.4, 0.5) is 0 Å². The van der Waals surface area contributed by atoms with E-state index in [-0.39, 0.29) is 21.1 Å². The van der Waals surface area contributed by atoms with Crippen molar-refractivity contribution in [1.29, 1.82) is 0 Å². The maximum Gasteiger partial charge on any atom is 0 e. The van der Waals surface area contributed by atoms with Gasteiger partial charge in [-0.25, -0.2) is 0 Å². The van der Waals surface area contributed by atoms with Crippen molar-refractivity contribution in [3.05, 3.63) is 36.0 Å². The van der Waals surface area contributed by atoms with Crippen LogP contribution in [0.25, 0.3) is 10.9 Å². The van der Waals surface area contributed by atoms with Gasteiger partial charge in [-0.1, -0.05) is 23.3 Å². The molecular formula is C10H10NW-. The molecule has 0 saturated carbocycles. The Labute approximate surface area is 86.7 Å². The van der Waals surface area contributed by atoms with E-state index in [1.165, 1.54) is 16.6 Å². The largest absolute Gasteiger partial charge is 0.411 e. The Morgan fingerprint density at radius 2 is 1.92 bits per heavy atom. The van der Waals surface area contributed by atoms with Gasteiger partial charge in [0.05, 0.1) is 0 Å². The van der Waals surface area contributed by atoms with Gasteiger partial charge < -0.3 is 4.57 Å². The average molecular weight is 328 g/mol. The third-order valence-electron chi connectivity index (χ3n) is 2.08. The van der Waals surface area contributed by atoms with Crippen molar-refractivity contribution in [1.82, 2.24) is 4.57 Å². The second kappa shape index (κ2) is 3.45. The summed E-state index contributed by atoms with van der Waals surface area (Å²) in [5.41, 5.74) is 2.44. The number of fused-ring (bicyclic) bond motifs is 1. The first-order valence-corrected chi connectivity index (χ1v) is 3.72. The third kappa shape index (κ3) is 1.34. The third-order valence-corrected chi connectivity index (χ3v) is 2.08. The summed E-state index contributed by atoms with van der Waals surface area (Å²) in [5.74, 6) is 0. The van der Waals surface area contributed by atoms with E-state index in [0.29, 0.717) is 0 Å². The predicted molar refractivity (Wildman–Crippen MR) is 46.5 cm³/mol. The molecule has 1 aromatic heterocycles. The van der Waals surface area contributed by atoms with Gasteiger partial charge in [-0.15, -0.1) is 6.07 Å². The number of hydrogen-bond donors (Lipinski definition) is 0. The molecule has 0 saturated heterocycles. The zero-order chi connectivity index (χ0) is 7.84. The predicted octanol–water partition coefficient (Wildman–Crippen LogP) is 2.28. The molecule has 0 atom stereocenters. The minimum absolute atomic E-state index is 0. The zero-order valence-electron chi connectivity index (χ0n) is 7.16. The first kappa shape index (κ1) is 9.54. The normalized spacial score (nSPS) is 9.83. The van der Waals surface area contributed by atoms with Crippen molar-refractivity contribution in [3.63, 3.8) is 0 Å². The van der Waals surface area contributed by atoms with E-state index in [0.717, 1.165) is 0 Å². The number of aryl methyl sites for hydroxylation is 2. The monoisotopic (exact) mass is 328 g/mol. The van der Waals surface area contributed by atoms with Gasteiger partial charge in [0.1, 0.15) is 0 Å². The van der Waals surface area contributed by atoms with Crippen LogP contribution in [0.2, 0.25) is 0 Å². The fraction of sp³-hybridized carbons (Fsp3) is 0.200. The summed E-state index contributed by atoms with van der Waals surface area (Å²) in [6, 6.07) is 11.6. The van der Waals surface area contributed by atoms with Crippen LogP contribution in [0.5, 0.6) is 0 Å². The summed E-state index contributed by atoms with van der Waals surface area (Å²) in [5, 5.41) is 1.20. The van der Waals surface area contributed by atoms with Crippen molar-refractivity contribution >= 4 is 10.9 Å². The fourth-order valence-corrected chi connectivity index (χ4v) is 1.33. The molecule has 2 heteroatoms. The Balaban J connectivity index is 0.000000720. The summed E-state index contributed by atoms with van der Waals surface area (Å²) in [4.78, 5) is 0. The summed E-state index contributed by atoms with van der Waals surface area (Å²) in [6.45, 7) is 2.07. The molecular weight excluding hydrogens is 318 g/mol. The molecule has 1 aromatic carbocycles. The van der Waals surface area contributed by atoms with Crippen LogP contribution in [-0.4, -0.2) is 4.57 Å². The number of hydrogen-bond acceptors (Lipinski definition) is 0. The standard InChI is InChI=1S/C10H10N.W/c1-8-7-9-5-3-4-6-10(9)11(8)2;/h3-6H,1-2H3;/q-1;. The second-order valence-corrected chi connectivity index (χ2v) is 2.79. The average Bonchev–Trinajstić information content (AvgIpc) is 2.30. The van der Waals surface area contributed by atoms with Gasteiger partial charge in [0, 0.05) is 21.1 Å². The van der Waals surface area contributed by atoms with Gasteiger partial charge in [-0.05, 0) is 14.0 Å². The molecule has 0 aliphatic rings. The molecule has 0 aliphatic carbocycles. The molecule has 0 unspecified atom stereocenters. The number of nitrogens with zero attached hydrogens (tertiary/aromatic N) is 1. The van der Waals surface area contributed by atoms with Gasteiger partial charge >= 0.3 is 0 Å². The second-order valence-electron chi connectivity index (χ2n) is 2.79. The van der Waals surface area contributed by atoms with Gasteiger partial charge in [0.2, 0.25) is 0 Å². The van der Waals surface area contributed by atoms with Gasteiger partial charge in [-0.3, -0.25) is 0 Å². The Morgan fingerprint density at radius 3 is 2.58 bits per heavy atom. The quantitative estimate of drug-likeness (QED) is 0.654. The van der Waals surface area contributed by atoms with Gasteiger partial charge in [0.25, 0.3) is 0 Å². The number of aromatic nitrogens is 1. The SMILES string of the molecule is Cc1[c-]c2ccccc2n1C.[W]. The molecule has 2 aromatic rings. The first-order chi connectivity index (χ1) is 5.29. The topological polar surface area (TPSA) is 4.93 Å². The Bertz CT molecular complexity index is 390. The molecule has 0 amide bonds. The maximum atomic E-state index is 3.29. The van der Waals surface area contributed by atoms with Crippen molar-refractivity contribution < 1.29 is 21.1 Å². The maximum absolute atomic E-state index is 3.29. The molecule has 0 spiro atoms. The number of benzene rings is 1. The molecule has 0 radical (unpaired) electrons. The van der Waals surface area contributed by atoms with E-state index in [2.05, 4.69) is 42.8 Å². The van der Waals surface area contributed by atoms with Gasteiger partial charge in [0.15, 0.2) is 0 Å². The van der Waals surface area contributed by atoms with E-state index >= 15 is 0 Å². The van der Waals surface area contributed by atoms with E-state index in [1.807, 2.05) is 6.07 Å². The van der Waals surface area contributed by atoms with Gasteiger partial charge in [-0.2, -0.15) is 17.5 Å². The Kier molecular flexibility index (Phi) is 2.74. The molecule has 12 heavy (non-hydrogen) atoms. The summed E-state index contributed by atoms with van der Waals surface area (Å²) in [6.07, 6.45) is 0. The molecule has 62 valence electrons. The minimum atomic E-state index is 0.